The lowest BCUT2D eigenvalue weighted by Crippen LogP contribution is -2.44. The molecule has 0 fully saturated rings. The highest BCUT2D eigenvalue weighted by molar-refractivity contribution is 5.80. The van der Waals surface area contributed by atoms with Gasteiger partial charge in [0.05, 0.1) is 6.61 Å². The lowest BCUT2D eigenvalue weighted by Gasteiger charge is -2.31. The Bertz CT molecular complexity index is 502. The van der Waals surface area contributed by atoms with Crippen molar-refractivity contribution in [3.63, 3.8) is 0 Å². The van der Waals surface area contributed by atoms with E-state index in [-0.39, 0.29) is 24.2 Å². The van der Waals surface area contributed by atoms with Crippen LogP contribution in [0.1, 0.15) is 44.2 Å². The SMILES string of the molecule is CCOC(=O)C(O)(CC)C(C)c1cc(F)c(C)cc1F. The molecule has 5 heteroatoms. The molecular weight excluding hydrogens is 266 g/mol. The van der Waals surface area contributed by atoms with Crippen LogP contribution >= 0.6 is 0 Å². The first-order valence-corrected chi connectivity index (χ1v) is 6.63. The molecule has 1 rings (SSSR count). The van der Waals surface area contributed by atoms with Gasteiger partial charge in [-0.2, -0.15) is 0 Å². The predicted octanol–water partition coefficient (Wildman–Crippen LogP) is 3.08. The maximum atomic E-state index is 14.0. The largest absolute Gasteiger partial charge is 0.464 e. The quantitative estimate of drug-likeness (QED) is 0.846. The summed E-state index contributed by atoms with van der Waals surface area (Å²) in [6.45, 7) is 6.25. The third-order valence-corrected chi connectivity index (χ3v) is 3.63. The number of carbonyl (C=O) groups is 1. The molecule has 0 aliphatic rings. The number of esters is 1. The lowest BCUT2D eigenvalue weighted by molar-refractivity contribution is -0.167. The van der Waals surface area contributed by atoms with Gasteiger partial charge in [-0.1, -0.05) is 13.8 Å². The Morgan fingerprint density at radius 1 is 1.35 bits per heavy atom. The van der Waals surface area contributed by atoms with Crippen molar-refractivity contribution in [2.75, 3.05) is 6.61 Å². The van der Waals surface area contributed by atoms with Crippen LogP contribution in [0, 0.1) is 18.6 Å². The molecule has 0 aliphatic carbocycles. The smallest absolute Gasteiger partial charge is 0.338 e. The minimum absolute atomic E-state index is 0.0366. The van der Waals surface area contributed by atoms with Crippen molar-refractivity contribution in [3.8, 4) is 0 Å². The highest BCUT2D eigenvalue weighted by Crippen LogP contribution is 2.34. The lowest BCUT2D eigenvalue weighted by atomic mass is 9.81. The second-order valence-corrected chi connectivity index (χ2v) is 4.84. The fourth-order valence-electron chi connectivity index (χ4n) is 2.13. The van der Waals surface area contributed by atoms with Crippen molar-refractivity contribution in [2.24, 2.45) is 0 Å². The second-order valence-electron chi connectivity index (χ2n) is 4.84. The molecule has 0 aliphatic heterocycles. The Balaban J connectivity index is 3.24. The molecule has 0 saturated carbocycles. The van der Waals surface area contributed by atoms with Gasteiger partial charge >= 0.3 is 5.97 Å². The Hall–Kier alpha value is -1.49. The number of aryl methyl sites for hydroxylation is 1. The van der Waals surface area contributed by atoms with Crippen LogP contribution in [0.2, 0.25) is 0 Å². The first-order valence-electron chi connectivity index (χ1n) is 6.63. The zero-order valence-electron chi connectivity index (χ0n) is 12.2. The van der Waals surface area contributed by atoms with Crippen molar-refractivity contribution in [1.82, 2.24) is 0 Å². The average molecular weight is 286 g/mol. The van der Waals surface area contributed by atoms with Gasteiger partial charge < -0.3 is 9.84 Å². The van der Waals surface area contributed by atoms with E-state index in [0.29, 0.717) is 0 Å². The van der Waals surface area contributed by atoms with Crippen molar-refractivity contribution in [2.45, 2.75) is 45.6 Å². The molecule has 0 spiro atoms. The van der Waals surface area contributed by atoms with Gasteiger partial charge in [0, 0.05) is 5.92 Å². The molecular formula is C15H20F2O3. The number of carbonyl (C=O) groups excluding carboxylic acids is 1. The minimum Gasteiger partial charge on any atom is -0.464 e. The molecule has 2 unspecified atom stereocenters. The van der Waals surface area contributed by atoms with Crippen LogP contribution in [-0.2, 0) is 9.53 Å². The van der Waals surface area contributed by atoms with Gasteiger partial charge in [0.2, 0.25) is 0 Å². The molecule has 0 aromatic heterocycles. The number of hydrogen-bond acceptors (Lipinski definition) is 3. The van der Waals surface area contributed by atoms with E-state index in [1.165, 1.54) is 13.8 Å². The van der Waals surface area contributed by atoms with Crippen molar-refractivity contribution in [3.05, 3.63) is 34.9 Å². The van der Waals surface area contributed by atoms with Crippen molar-refractivity contribution in [1.29, 1.82) is 0 Å². The van der Waals surface area contributed by atoms with Crippen LogP contribution in [-0.4, -0.2) is 23.3 Å². The van der Waals surface area contributed by atoms with Gasteiger partial charge in [-0.15, -0.1) is 0 Å². The van der Waals surface area contributed by atoms with E-state index < -0.39 is 29.1 Å². The summed E-state index contributed by atoms with van der Waals surface area (Å²) in [7, 11) is 0. The van der Waals surface area contributed by atoms with E-state index in [9.17, 15) is 18.7 Å². The van der Waals surface area contributed by atoms with Crippen molar-refractivity contribution >= 4 is 5.97 Å². The normalized spacial score (nSPS) is 15.6. The van der Waals surface area contributed by atoms with Crippen LogP contribution in [0.3, 0.4) is 0 Å². The number of benzene rings is 1. The zero-order valence-corrected chi connectivity index (χ0v) is 12.2. The summed E-state index contributed by atoms with van der Waals surface area (Å²) < 4.78 is 32.4. The molecule has 1 N–H and O–H groups in total. The van der Waals surface area contributed by atoms with Crippen molar-refractivity contribution < 1.29 is 23.4 Å². The van der Waals surface area contributed by atoms with E-state index in [2.05, 4.69) is 0 Å². The Morgan fingerprint density at radius 2 is 1.95 bits per heavy atom. The van der Waals surface area contributed by atoms with E-state index in [1.54, 1.807) is 13.8 Å². The molecule has 0 bridgehead atoms. The van der Waals surface area contributed by atoms with E-state index in [1.807, 2.05) is 0 Å². The molecule has 0 heterocycles. The average Bonchev–Trinajstić information content (AvgIpc) is 2.41. The summed E-state index contributed by atoms with van der Waals surface area (Å²) in [5, 5.41) is 10.5. The highest BCUT2D eigenvalue weighted by Gasteiger charge is 2.43. The molecule has 3 nitrogen and oxygen atoms in total. The highest BCUT2D eigenvalue weighted by atomic mass is 19.1. The van der Waals surface area contributed by atoms with Crippen LogP contribution in [0.5, 0.6) is 0 Å². The summed E-state index contributed by atoms with van der Waals surface area (Å²) in [6.07, 6.45) is 0.0436. The first-order chi connectivity index (χ1) is 9.27. The minimum atomic E-state index is -1.88. The fourth-order valence-corrected chi connectivity index (χ4v) is 2.13. The zero-order chi connectivity index (χ0) is 15.5. The van der Waals surface area contributed by atoms with E-state index in [4.69, 9.17) is 4.74 Å². The van der Waals surface area contributed by atoms with Gasteiger partial charge in [-0.25, -0.2) is 13.6 Å². The van der Waals surface area contributed by atoms with Gasteiger partial charge in [0.15, 0.2) is 5.60 Å². The summed E-state index contributed by atoms with van der Waals surface area (Å²) >= 11 is 0. The van der Waals surface area contributed by atoms with Gasteiger partial charge in [0.25, 0.3) is 0 Å². The Kier molecular flexibility index (Phi) is 5.22. The first kappa shape index (κ1) is 16.6. The molecule has 2 atom stereocenters. The molecule has 1 aromatic rings. The van der Waals surface area contributed by atoms with E-state index in [0.717, 1.165) is 12.1 Å². The monoisotopic (exact) mass is 286 g/mol. The molecule has 112 valence electrons. The van der Waals surface area contributed by atoms with Crippen LogP contribution < -0.4 is 0 Å². The Labute approximate surface area is 117 Å². The Morgan fingerprint density at radius 3 is 2.45 bits per heavy atom. The molecule has 0 saturated heterocycles. The molecule has 1 aromatic carbocycles. The molecule has 0 radical (unpaired) electrons. The molecule has 0 amide bonds. The van der Waals surface area contributed by atoms with Gasteiger partial charge in [0.1, 0.15) is 11.6 Å². The van der Waals surface area contributed by atoms with Crippen LogP contribution in [0.15, 0.2) is 12.1 Å². The number of hydrogen-bond donors (Lipinski definition) is 1. The van der Waals surface area contributed by atoms with Gasteiger partial charge in [-0.3, -0.25) is 0 Å². The summed E-state index contributed by atoms with van der Waals surface area (Å²) in [5.74, 6) is -2.96. The summed E-state index contributed by atoms with van der Waals surface area (Å²) in [5.41, 5.74) is -1.74. The number of ether oxygens (including phenoxy) is 1. The maximum Gasteiger partial charge on any atom is 0.338 e. The summed E-state index contributed by atoms with van der Waals surface area (Å²) in [6, 6.07) is 2.08. The van der Waals surface area contributed by atoms with Crippen LogP contribution in [0.25, 0.3) is 0 Å². The van der Waals surface area contributed by atoms with Crippen LogP contribution in [0.4, 0.5) is 8.78 Å². The number of aliphatic hydroxyl groups is 1. The maximum absolute atomic E-state index is 14.0. The number of halogens is 2. The summed E-state index contributed by atoms with van der Waals surface area (Å²) in [4.78, 5) is 11.9. The van der Waals surface area contributed by atoms with Gasteiger partial charge in [-0.05, 0) is 43.5 Å². The third kappa shape index (κ3) is 2.98. The van der Waals surface area contributed by atoms with E-state index >= 15 is 0 Å². The predicted molar refractivity (Wildman–Crippen MR) is 71.4 cm³/mol. The fraction of sp³-hybridized carbons (Fsp3) is 0.533. The topological polar surface area (TPSA) is 46.5 Å². The molecule has 20 heavy (non-hydrogen) atoms. The number of rotatable bonds is 5. The second kappa shape index (κ2) is 6.31. The third-order valence-electron chi connectivity index (χ3n) is 3.63. The standard InChI is InChI=1S/C15H20F2O3/c1-5-15(19,14(18)20-6-2)10(4)11-8-12(16)9(3)7-13(11)17/h7-8,10,19H,5-6H2,1-4H3.